The van der Waals surface area contributed by atoms with Crippen LogP contribution in [0.1, 0.15) is 46.0 Å². The molecule has 0 aliphatic heterocycles. The number of thiol groups is 1. The highest BCUT2D eigenvalue weighted by molar-refractivity contribution is 7.80. The lowest BCUT2D eigenvalue weighted by molar-refractivity contribution is 0.0803. The third-order valence-corrected chi connectivity index (χ3v) is 2.73. The summed E-state index contributed by atoms with van der Waals surface area (Å²) >= 11 is 4.30. The molecule has 3 nitrogen and oxygen atoms in total. The van der Waals surface area contributed by atoms with Gasteiger partial charge in [0.05, 0.1) is 0 Å². The van der Waals surface area contributed by atoms with Gasteiger partial charge in [-0.1, -0.05) is 26.7 Å². The Morgan fingerprint density at radius 3 is 2.17 bits per heavy atom. The van der Waals surface area contributed by atoms with Gasteiger partial charge in [0.1, 0.15) is 0 Å². The lowest BCUT2D eigenvalue weighted by Gasteiger charge is -2.07. The van der Waals surface area contributed by atoms with Gasteiger partial charge in [-0.05, 0) is 25.8 Å². The number of unbranched alkanes of at least 4 members (excludes halogenated alkanes) is 2. The largest absolute Gasteiger partial charge is 0.381 e. The zero-order chi connectivity index (χ0) is 13.5. The average Bonchev–Trinajstić information content (AvgIpc) is 2.34. The Morgan fingerprint density at radius 2 is 1.56 bits per heavy atom. The SMILES string of the molecule is CCCCCOCCCOCCCNCC(C)S. The van der Waals surface area contributed by atoms with E-state index in [9.17, 15) is 0 Å². The fourth-order valence-corrected chi connectivity index (χ4v) is 1.66. The second kappa shape index (κ2) is 15.3. The van der Waals surface area contributed by atoms with Crippen LogP contribution in [0.2, 0.25) is 0 Å². The minimum absolute atomic E-state index is 0.427. The molecule has 0 aromatic rings. The van der Waals surface area contributed by atoms with Gasteiger partial charge in [0.25, 0.3) is 0 Å². The summed E-state index contributed by atoms with van der Waals surface area (Å²) in [6, 6.07) is 0. The predicted octanol–water partition coefficient (Wildman–Crippen LogP) is 2.90. The highest BCUT2D eigenvalue weighted by atomic mass is 32.1. The summed E-state index contributed by atoms with van der Waals surface area (Å²) in [6.45, 7) is 9.67. The Balaban J connectivity index is 2.90. The molecule has 1 atom stereocenters. The smallest absolute Gasteiger partial charge is 0.0487 e. The van der Waals surface area contributed by atoms with Crippen molar-refractivity contribution in [2.75, 3.05) is 39.5 Å². The van der Waals surface area contributed by atoms with Crippen molar-refractivity contribution in [3.05, 3.63) is 0 Å². The third kappa shape index (κ3) is 16.2. The number of hydrogen-bond donors (Lipinski definition) is 2. The summed E-state index contributed by atoms with van der Waals surface area (Å²) in [6.07, 6.45) is 5.79. The van der Waals surface area contributed by atoms with E-state index in [0.29, 0.717) is 5.25 Å². The molecular formula is C14H31NO2S. The van der Waals surface area contributed by atoms with Crippen LogP contribution in [0.5, 0.6) is 0 Å². The summed E-state index contributed by atoms with van der Waals surface area (Å²) < 4.78 is 11.0. The second-order valence-corrected chi connectivity index (χ2v) is 5.57. The van der Waals surface area contributed by atoms with Crippen molar-refractivity contribution in [2.24, 2.45) is 0 Å². The zero-order valence-corrected chi connectivity index (χ0v) is 13.0. The van der Waals surface area contributed by atoms with Crippen molar-refractivity contribution < 1.29 is 9.47 Å². The molecule has 0 radical (unpaired) electrons. The van der Waals surface area contributed by atoms with E-state index < -0.39 is 0 Å². The molecule has 4 heteroatoms. The minimum atomic E-state index is 0.427. The summed E-state index contributed by atoms with van der Waals surface area (Å²) in [5, 5.41) is 3.76. The molecular weight excluding hydrogens is 246 g/mol. The van der Waals surface area contributed by atoms with Gasteiger partial charge >= 0.3 is 0 Å². The molecule has 18 heavy (non-hydrogen) atoms. The van der Waals surface area contributed by atoms with Gasteiger partial charge in [-0.3, -0.25) is 0 Å². The molecule has 0 spiro atoms. The second-order valence-electron chi connectivity index (χ2n) is 4.69. The highest BCUT2D eigenvalue weighted by Crippen LogP contribution is 1.95. The molecule has 1 N–H and O–H groups in total. The van der Waals surface area contributed by atoms with Crippen molar-refractivity contribution in [1.82, 2.24) is 5.32 Å². The number of rotatable bonds is 14. The average molecular weight is 277 g/mol. The quantitative estimate of drug-likeness (QED) is 0.378. The topological polar surface area (TPSA) is 30.5 Å². The molecule has 0 aliphatic carbocycles. The van der Waals surface area contributed by atoms with Crippen LogP contribution < -0.4 is 5.32 Å². The first-order valence-corrected chi connectivity index (χ1v) is 7.83. The van der Waals surface area contributed by atoms with E-state index in [4.69, 9.17) is 9.47 Å². The Morgan fingerprint density at radius 1 is 0.944 bits per heavy atom. The normalized spacial score (nSPS) is 12.8. The van der Waals surface area contributed by atoms with Crippen LogP contribution in [0.3, 0.4) is 0 Å². The monoisotopic (exact) mass is 277 g/mol. The molecule has 0 aromatic carbocycles. The first-order valence-electron chi connectivity index (χ1n) is 7.31. The summed E-state index contributed by atoms with van der Waals surface area (Å²) in [7, 11) is 0. The minimum Gasteiger partial charge on any atom is -0.381 e. The van der Waals surface area contributed by atoms with Gasteiger partial charge in [0.2, 0.25) is 0 Å². The Kier molecular flexibility index (Phi) is 15.5. The molecule has 0 saturated carbocycles. The van der Waals surface area contributed by atoms with E-state index >= 15 is 0 Å². The van der Waals surface area contributed by atoms with Crippen molar-refractivity contribution in [3.63, 3.8) is 0 Å². The molecule has 0 rings (SSSR count). The van der Waals surface area contributed by atoms with Crippen LogP contribution in [-0.4, -0.2) is 44.8 Å². The van der Waals surface area contributed by atoms with E-state index in [1.807, 2.05) is 0 Å². The molecule has 1 unspecified atom stereocenters. The Hall–Kier alpha value is 0.230. The van der Waals surface area contributed by atoms with Crippen LogP contribution in [0.25, 0.3) is 0 Å². The van der Waals surface area contributed by atoms with Crippen LogP contribution in [0, 0.1) is 0 Å². The fraction of sp³-hybridized carbons (Fsp3) is 1.00. The lowest BCUT2D eigenvalue weighted by Crippen LogP contribution is -2.23. The fourth-order valence-electron chi connectivity index (χ4n) is 1.53. The number of ether oxygens (including phenoxy) is 2. The Labute approximate surface area is 118 Å². The van der Waals surface area contributed by atoms with Crippen molar-refractivity contribution in [3.8, 4) is 0 Å². The van der Waals surface area contributed by atoms with E-state index in [1.165, 1.54) is 19.3 Å². The molecule has 0 aromatic heterocycles. The van der Waals surface area contributed by atoms with E-state index in [-0.39, 0.29) is 0 Å². The van der Waals surface area contributed by atoms with Gasteiger partial charge in [-0.2, -0.15) is 12.6 Å². The zero-order valence-electron chi connectivity index (χ0n) is 12.1. The third-order valence-electron chi connectivity index (χ3n) is 2.55. The molecule has 0 saturated heterocycles. The maximum atomic E-state index is 5.53. The summed E-state index contributed by atoms with van der Waals surface area (Å²) in [4.78, 5) is 0. The molecule has 110 valence electrons. The van der Waals surface area contributed by atoms with Crippen LogP contribution in [-0.2, 0) is 9.47 Å². The maximum Gasteiger partial charge on any atom is 0.0487 e. The van der Waals surface area contributed by atoms with Crippen molar-refractivity contribution in [2.45, 2.75) is 51.2 Å². The molecule has 0 fully saturated rings. The van der Waals surface area contributed by atoms with Gasteiger partial charge in [-0.25, -0.2) is 0 Å². The van der Waals surface area contributed by atoms with Crippen LogP contribution >= 0.6 is 12.6 Å². The van der Waals surface area contributed by atoms with Crippen molar-refractivity contribution >= 4 is 12.6 Å². The summed E-state index contributed by atoms with van der Waals surface area (Å²) in [5.74, 6) is 0. The first kappa shape index (κ1) is 18.2. The van der Waals surface area contributed by atoms with Crippen LogP contribution in [0.4, 0.5) is 0 Å². The van der Waals surface area contributed by atoms with Crippen molar-refractivity contribution in [1.29, 1.82) is 0 Å². The molecule has 0 heterocycles. The highest BCUT2D eigenvalue weighted by Gasteiger charge is 1.94. The van der Waals surface area contributed by atoms with Crippen LogP contribution in [0.15, 0.2) is 0 Å². The standard InChI is InChI=1S/C14H31NO2S/c1-3-4-5-9-16-11-7-12-17-10-6-8-15-13-14(2)18/h14-15,18H,3-13H2,1-2H3. The molecule has 0 bridgehead atoms. The summed E-state index contributed by atoms with van der Waals surface area (Å²) in [5.41, 5.74) is 0. The van der Waals surface area contributed by atoms with Gasteiger partial charge in [0, 0.05) is 38.2 Å². The number of nitrogens with one attached hydrogen (secondary N) is 1. The maximum absolute atomic E-state index is 5.53. The molecule has 0 amide bonds. The lowest BCUT2D eigenvalue weighted by atomic mass is 10.3. The predicted molar refractivity (Wildman–Crippen MR) is 81.7 cm³/mol. The van der Waals surface area contributed by atoms with E-state index in [2.05, 4.69) is 31.8 Å². The van der Waals surface area contributed by atoms with E-state index in [1.54, 1.807) is 0 Å². The first-order chi connectivity index (χ1) is 8.77. The Bertz CT molecular complexity index is 157. The molecule has 0 aliphatic rings. The van der Waals surface area contributed by atoms with Gasteiger partial charge in [-0.15, -0.1) is 0 Å². The number of hydrogen-bond acceptors (Lipinski definition) is 4. The van der Waals surface area contributed by atoms with E-state index in [0.717, 1.165) is 52.4 Å². The van der Waals surface area contributed by atoms with Gasteiger partial charge in [0.15, 0.2) is 0 Å². The van der Waals surface area contributed by atoms with Gasteiger partial charge < -0.3 is 14.8 Å².